The van der Waals surface area contributed by atoms with Crippen molar-refractivity contribution >= 4 is 11.7 Å². The number of aromatic nitrogens is 2. The molecule has 0 spiro atoms. The van der Waals surface area contributed by atoms with Crippen LogP contribution in [0, 0.1) is 6.92 Å². The molecule has 2 heterocycles. The quantitative estimate of drug-likeness (QED) is 0.783. The van der Waals surface area contributed by atoms with Crippen molar-refractivity contribution in [2.45, 2.75) is 19.4 Å². The summed E-state index contributed by atoms with van der Waals surface area (Å²) in [4.78, 5) is 12.3. The molecule has 0 bridgehead atoms. The van der Waals surface area contributed by atoms with Crippen LogP contribution in [0.5, 0.6) is 0 Å². The van der Waals surface area contributed by atoms with E-state index in [1.807, 2.05) is 72.3 Å². The number of amides is 1. The highest BCUT2D eigenvalue weighted by molar-refractivity contribution is 5.97. The lowest BCUT2D eigenvalue weighted by Gasteiger charge is -2.25. The van der Waals surface area contributed by atoms with Gasteiger partial charge < -0.3 is 5.32 Å². The van der Waals surface area contributed by atoms with E-state index in [1.54, 1.807) is 0 Å². The monoisotopic (exact) mass is 303 g/mol. The number of rotatable bonds is 2. The Morgan fingerprint density at radius 3 is 2.39 bits per heavy atom. The van der Waals surface area contributed by atoms with E-state index in [1.165, 1.54) is 0 Å². The topological polar surface area (TPSA) is 46.9 Å². The number of hydrogen-bond donors (Lipinski definition) is 1. The summed E-state index contributed by atoms with van der Waals surface area (Å²) in [6, 6.07) is 20.1. The Morgan fingerprint density at radius 1 is 1.04 bits per heavy atom. The molecule has 23 heavy (non-hydrogen) atoms. The van der Waals surface area contributed by atoms with Crippen molar-refractivity contribution in [3.63, 3.8) is 0 Å². The number of benzene rings is 2. The lowest BCUT2D eigenvalue weighted by atomic mass is 10.0. The summed E-state index contributed by atoms with van der Waals surface area (Å²) in [7, 11) is 0. The molecule has 3 aromatic rings. The van der Waals surface area contributed by atoms with Gasteiger partial charge >= 0.3 is 0 Å². The van der Waals surface area contributed by atoms with Gasteiger partial charge in [0.05, 0.1) is 18.2 Å². The maximum Gasteiger partial charge on any atom is 0.228 e. The molecular weight excluding hydrogens is 286 g/mol. The van der Waals surface area contributed by atoms with Gasteiger partial charge in [-0.3, -0.25) is 4.79 Å². The van der Waals surface area contributed by atoms with Crippen LogP contribution in [0.1, 0.15) is 23.7 Å². The Hall–Kier alpha value is -2.88. The van der Waals surface area contributed by atoms with Crippen molar-refractivity contribution in [2.75, 3.05) is 5.32 Å². The average molecular weight is 303 g/mol. The molecule has 1 aliphatic heterocycles. The van der Waals surface area contributed by atoms with Crippen molar-refractivity contribution in [1.29, 1.82) is 0 Å². The Bertz CT molecular complexity index is 853. The summed E-state index contributed by atoms with van der Waals surface area (Å²) < 4.78 is 1.95. The first-order valence-corrected chi connectivity index (χ1v) is 7.73. The molecular formula is C19H17N3O. The molecule has 1 N–H and O–H groups in total. The summed E-state index contributed by atoms with van der Waals surface area (Å²) >= 11 is 0. The molecule has 114 valence electrons. The molecule has 1 amide bonds. The number of hydrogen-bond acceptors (Lipinski definition) is 2. The molecule has 0 aliphatic carbocycles. The zero-order chi connectivity index (χ0) is 15.8. The fraction of sp³-hybridized carbons (Fsp3) is 0.158. The summed E-state index contributed by atoms with van der Waals surface area (Å²) in [5, 5.41) is 7.73. The van der Waals surface area contributed by atoms with E-state index < -0.39 is 0 Å². The summed E-state index contributed by atoms with van der Waals surface area (Å²) in [5.41, 5.74) is 4.10. The predicted octanol–water partition coefficient (Wildman–Crippen LogP) is 3.79. The van der Waals surface area contributed by atoms with Gasteiger partial charge in [-0.1, -0.05) is 60.7 Å². The third-order valence-corrected chi connectivity index (χ3v) is 4.26. The van der Waals surface area contributed by atoms with Crippen LogP contribution in [-0.4, -0.2) is 15.7 Å². The molecule has 1 aromatic heterocycles. The van der Waals surface area contributed by atoms with Gasteiger partial charge in [0, 0.05) is 5.56 Å². The number of aryl methyl sites for hydroxylation is 1. The Labute approximate surface area is 134 Å². The molecule has 0 fully saturated rings. The predicted molar refractivity (Wildman–Crippen MR) is 90.2 cm³/mol. The normalized spacial score (nSPS) is 16.7. The first-order chi connectivity index (χ1) is 11.2. The minimum Gasteiger partial charge on any atom is -0.310 e. The van der Waals surface area contributed by atoms with Crippen molar-refractivity contribution in [3.8, 4) is 11.1 Å². The zero-order valence-electron chi connectivity index (χ0n) is 12.9. The van der Waals surface area contributed by atoms with E-state index in [2.05, 4.69) is 5.32 Å². The van der Waals surface area contributed by atoms with Crippen molar-refractivity contribution in [3.05, 3.63) is 71.9 Å². The van der Waals surface area contributed by atoms with Crippen molar-refractivity contribution in [1.82, 2.24) is 9.78 Å². The van der Waals surface area contributed by atoms with Gasteiger partial charge in [0.25, 0.3) is 0 Å². The molecule has 0 saturated carbocycles. The largest absolute Gasteiger partial charge is 0.310 e. The van der Waals surface area contributed by atoms with Crippen LogP contribution >= 0.6 is 0 Å². The number of fused-ring (bicyclic) bond motifs is 1. The second-order valence-electron chi connectivity index (χ2n) is 5.80. The highest BCUT2D eigenvalue weighted by Crippen LogP contribution is 2.38. The van der Waals surface area contributed by atoms with E-state index in [4.69, 9.17) is 5.10 Å². The van der Waals surface area contributed by atoms with Gasteiger partial charge in [-0.15, -0.1) is 0 Å². The van der Waals surface area contributed by atoms with E-state index in [0.29, 0.717) is 6.42 Å². The lowest BCUT2D eigenvalue weighted by Crippen LogP contribution is -2.29. The highest BCUT2D eigenvalue weighted by Gasteiger charge is 2.30. The summed E-state index contributed by atoms with van der Waals surface area (Å²) in [6.07, 6.45) is 0.409. The molecule has 1 unspecified atom stereocenters. The number of carbonyl (C=O) groups excluding carboxylic acids is 1. The standard InChI is InChI=1S/C19H17N3O/c1-13-18(15-10-6-3-7-11-15)19-20-17(23)12-16(22(19)21-13)14-8-4-2-5-9-14/h2-11,16H,12H2,1H3,(H,20,23). The van der Waals surface area contributed by atoms with Gasteiger partial charge in [-0.25, -0.2) is 4.68 Å². The fourth-order valence-electron chi connectivity index (χ4n) is 3.22. The average Bonchev–Trinajstić information content (AvgIpc) is 2.91. The maximum atomic E-state index is 12.3. The van der Waals surface area contributed by atoms with Crippen molar-refractivity contribution < 1.29 is 4.79 Å². The van der Waals surface area contributed by atoms with Gasteiger partial charge in [0.2, 0.25) is 5.91 Å². The second-order valence-corrected chi connectivity index (χ2v) is 5.80. The molecule has 0 radical (unpaired) electrons. The number of anilines is 1. The molecule has 0 saturated heterocycles. The second kappa shape index (κ2) is 5.39. The SMILES string of the molecule is Cc1nn2c(c1-c1ccccc1)NC(=O)CC2c1ccccc1. The first-order valence-electron chi connectivity index (χ1n) is 7.73. The molecule has 4 nitrogen and oxygen atoms in total. The van der Waals surface area contributed by atoms with Gasteiger partial charge in [-0.05, 0) is 18.1 Å². The Morgan fingerprint density at radius 2 is 1.70 bits per heavy atom. The van der Waals surface area contributed by atoms with Crippen LogP contribution in [-0.2, 0) is 4.79 Å². The number of nitrogens with zero attached hydrogens (tertiary/aromatic N) is 2. The first kappa shape index (κ1) is 13.8. The molecule has 4 heteroatoms. The van der Waals surface area contributed by atoms with Crippen LogP contribution in [0.3, 0.4) is 0 Å². The fourth-order valence-corrected chi connectivity index (χ4v) is 3.22. The van der Waals surface area contributed by atoms with E-state index in [-0.39, 0.29) is 11.9 Å². The minimum atomic E-state index is -0.0592. The van der Waals surface area contributed by atoms with E-state index in [0.717, 1.165) is 28.2 Å². The van der Waals surface area contributed by atoms with Crippen LogP contribution < -0.4 is 5.32 Å². The Balaban J connectivity index is 1.89. The maximum absolute atomic E-state index is 12.3. The van der Waals surface area contributed by atoms with E-state index >= 15 is 0 Å². The number of carbonyl (C=O) groups is 1. The van der Waals surface area contributed by atoms with Crippen LogP contribution in [0.15, 0.2) is 60.7 Å². The lowest BCUT2D eigenvalue weighted by molar-refractivity contribution is -0.117. The third kappa shape index (κ3) is 2.32. The zero-order valence-corrected chi connectivity index (χ0v) is 12.9. The van der Waals surface area contributed by atoms with Gasteiger partial charge in [0.1, 0.15) is 5.82 Å². The number of nitrogens with one attached hydrogen (secondary N) is 1. The molecule has 4 rings (SSSR count). The van der Waals surface area contributed by atoms with Crippen LogP contribution in [0.2, 0.25) is 0 Å². The summed E-state index contributed by atoms with van der Waals surface area (Å²) in [5.74, 6) is 0.822. The molecule has 1 aliphatic rings. The minimum absolute atomic E-state index is 0.0310. The van der Waals surface area contributed by atoms with Crippen LogP contribution in [0.25, 0.3) is 11.1 Å². The van der Waals surface area contributed by atoms with Crippen molar-refractivity contribution in [2.24, 2.45) is 0 Å². The third-order valence-electron chi connectivity index (χ3n) is 4.26. The van der Waals surface area contributed by atoms with Gasteiger partial charge in [0.15, 0.2) is 0 Å². The van der Waals surface area contributed by atoms with Crippen LogP contribution in [0.4, 0.5) is 5.82 Å². The molecule has 1 atom stereocenters. The van der Waals surface area contributed by atoms with E-state index in [9.17, 15) is 4.79 Å². The summed E-state index contributed by atoms with van der Waals surface area (Å²) in [6.45, 7) is 1.99. The molecule has 2 aromatic carbocycles. The Kier molecular flexibility index (Phi) is 3.23. The highest BCUT2D eigenvalue weighted by atomic mass is 16.1. The van der Waals surface area contributed by atoms with Gasteiger partial charge in [-0.2, -0.15) is 5.10 Å². The smallest absolute Gasteiger partial charge is 0.228 e.